The third kappa shape index (κ3) is 3.94. The van der Waals surface area contributed by atoms with Gasteiger partial charge in [0.1, 0.15) is 0 Å². The number of esters is 1. The number of ether oxygens (including phenoxy) is 2. The number of carbonyl (C=O) groups is 2. The van der Waals surface area contributed by atoms with E-state index in [4.69, 9.17) is 9.47 Å². The molecule has 0 unspecified atom stereocenters. The van der Waals surface area contributed by atoms with Gasteiger partial charge in [0.15, 0.2) is 4.91 Å². The topological polar surface area (TPSA) is 93.2 Å². The van der Waals surface area contributed by atoms with Crippen molar-refractivity contribution >= 4 is 33.1 Å². The van der Waals surface area contributed by atoms with Gasteiger partial charge in [-0.25, -0.2) is 13.2 Å². The lowest BCUT2D eigenvalue weighted by atomic mass is 10.1. The van der Waals surface area contributed by atoms with Crippen LogP contribution in [0.5, 0.6) is 0 Å². The van der Waals surface area contributed by atoms with Crippen molar-refractivity contribution in [3.8, 4) is 0 Å². The largest absolute Gasteiger partial charge is 0.462 e. The normalized spacial score (nSPS) is 17.5. The second-order valence-electron chi connectivity index (χ2n) is 7.01. The standard InChI is InChI=1S/C22H22N2O6S/c1-2-30-22(26)16-7-9-17(10-8-16)24-15-20(21(25)23-11-13-29-14-12-23)31(27,28)19-6-4-3-5-18(19)24/h3-10,15H,2,11-14H2,1H3. The van der Waals surface area contributed by atoms with Crippen molar-refractivity contribution in [1.29, 1.82) is 0 Å². The summed E-state index contributed by atoms with van der Waals surface area (Å²) >= 11 is 0. The number of amides is 1. The van der Waals surface area contributed by atoms with E-state index in [0.29, 0.717) is 43.2 Å². The molecule has 2 aliphatic rings. The molecule has 0 N–H and O–H groups in total. The van der Waals surface area contributed by atoms with Crippen LogP contribution in [0.4, 0.5) is 11.4 Å². The first-order chi connectivity index (χ1) is 14.9. The maximum absolute atomic E-state index is 13.2. The zero-order valence-corrected chi connectivity index (χ0v) is 17.8. The predicted molar refractivity (Wildman–Crippen MR) is 114 cm³/mol. The van der Waals surface area contributed by atoms with E-state index in [-0.39, 0.29) is 16.4 Å². The monoisotopic (exact) mass is 442 g/mol. The van der Waals surface area contributed by atoms with E-state index in [1.807, 2.05) is 0 Å². The number of sulfone groups is 1. The van der Waals surface area contributed by atoms with Crippen molar-refractivity contribution in [3.05, 3.63) is 65.2 Å². The second-order valence-corrected chi connectivity index (χ2v) is 8.89. The maximum Gasteiger partial charge on any atom is 0.338 e. The predicted octanol–water partition coefficient (Wildman–Crippen LogP) is 2.49. The Morgan fingerprint density at radius 1 is 1.03 bits per heavy atom. The lowest BCUT2D eigenvalue weighted by Gasteiger charge is -2.32. The Labute approximate surface area is 180 Å². The zero-order valence-electron chi connectivity index (χ0n) is 17.0. The summed E-state index contributed by atoms with van der Waals surface area (Å²) in [6, 6.07) is 13.1. The number of benzene rings is 2. The summed E-state index contributed by atoms with van der Waals surface area (Å²) in [5, 5.41) is 0. The van der Waals surface area contributed by atoms with Crippen LogP contribution in [0, 0.1) is 0 Å². The average Bonchev–Trinajstić information content (AvgIpc) is 2.80. The fraction of sp³-hybridized carbons (Fsp3) is 0.273. The quantitative estimate of drug-likeness (QED) is 0.672. The Kier molecular flexibility index (Phi) is 5.79. The van der Waals surface area contributed by atoms with E-state index in [1.165, 1.54) is 17.2 Å². The van der Waals surface area contributed by atoms with E-state index in [9.17, 15) is 18.0 Å². The number of hydrogen-bond acceptors (Lipinski definition) is 7. The van der Waals surface area contributed by atoms with Gasteiger partial charge in [-0.05, 0) is 43.3 Å². The number of carbonyl (C=O) groups excluding carboxylic acids is 2. The molecule has 4 rings (SSSR count). The van der Waals surface area contributed by atoms with Crippen LogP contribution in [0.25, 0.3) is 0 Å². The third-order valence-electron chi connectivity index (χ3n) is 5.12. The lowest BCUT2D eigenvalue weighted by molar-refractivity contribution is -0.130. The van der Waals surface area contributed by atoms with Gasteiger partial charge in [0.2, 0.25) is 9.84 Å². The van der Waals surface area contributed by atoms with Gasteiger partial charge in [0.05, 0.1) is 36.0 Å². The fourth-order valence-electron chi connectivity index (χ4n) is 3.54. The van der Waals surface area contributed by atoms with Gasteiger partial charge in [0.25, 0.3) is 5.91 Å². The van der Waals surface area contributed by atoms with Gasteiger partial charge in [-0.3, -0.25) is 4.79 Å². The number of para-hydroxylation sites is 1. The minimum atomic E-state index is -3.99. The molecule has 0 bridgehead atoms. The van der Waals surface area contributed by atoms with Gasteiger partial charge in [-0.2, -0.15) is 0 Å². The molecule has 1 fully saturated rings. The van der Waals surface area contributed by atoms with E-state index < -0.39 is 21.7 Å². The lowest BCUT2D eigenvalue weighted by Crippen LogP contribution is -2.43. The number of rotatable bonds is 4. The smallest absolute Gasteiger partial charge is 0.338 e. The first-order valence-corrected chi connectivity index (χ1v) is 11.4. The minimum absolute atomic E-state index is 0.0589. The van der Waals surface area contributed by atoms with Crippen LogP contribution >= 0.6 is 0 Å². The highest BCUT2D eigenvalue weighted by Crippen LogP contribution is 2.40. The molecule has 0 radical (unpaired) electrons. The molecular weight excluding hydrogens is 420 g/mol. The van der Waals surface area contributed by atoms with Crippen molar-refractivity contribution in [2.24, 2.45) is 0 Å². The van der Waals surface area contributed by atoms with E-state index in [1.54, 1.807) is 54.3 Å². The Morgan fingerprint density at radius 3 is 2.39 bits per heavy atom. The van der Waals surface area contributed by atoms with Crippen molar-refractivity contribution in [2.45, 2.75) is 11.8 Å². The number of nitrogens with zero attached hydrogens (tertiary/aromatic N) is 2. The van der Waals surface area contributed by atoms with E-state index in [2.05, 4.69) is 0 Å². The zero-order chi connectivity index (χ0) is 22.0. The fourth-order valence-corrected chi connectivity index (χ4v) is 5.08. The van der Waals surface area contributed by atoms with Crippen molar-refractivity contribution in [3.63, 3.8) is 0 Å². The van der Waals surface area contributed by atoms with Crippen molar-refractivity contribution in [1.82, 2.24) is 4.90 Å². The summed E-state index contributed by atoms with van der Waals surface area (Å²) in [6.45, 7) is 3.41. The first kappa shape index (κ1) is 21.1. The molecule has 0 saturated carbocycles. The van der Waals surface area contributed by atoms with Gasteiger partial charge in [0, 0.05) is 25.0 Å². The SMILES string of the molecule is CCOC(=O)c1ccc(N2C=C(C(=O)N3CCOCC3)S(=O)(=O)c3ccccc32)cc1. The number of hydrogen-bond donors (Lipinski definition) is 0. The van der Waals surface area contributed by atoms with Crippen molar-refractivity contribution < 1.29 is 27.5 Å². The van der Waals surface area contributed by atoms with Gasteiger partial charge in [-0.1, -0.05) is 12.1 Å². The molecule has 0 aromatic heterocycles. The highest BCUT2D eigenvalue weighted by molar-refractivity contribution is 7.96. The first-order valence-electron chi connectivity index (χ1n) is 9.93. The van der Waals surface area contributed by atoms with Crippen LogP contribution in [0.1, 0.15) is 17.3 Å². The summed E-state index contributed by atoms with van der Waals surface area (Å²) in [5.74, 6) is -0.986. The second kappa shape index (κ2) is 8.52. The molecule has 1 amide bonds. The molecular formula is C22H22N2O6S. The molecule has 31 heavy (non-hydrogen) atoms. The average molecular weight is 442 g/mol. The highest BCUT2D eigenvalue weighted by atomic mass is 32.2. The van der Waals surface area contributed by atoms with Crippen LogP contribution < -0.4 is 4.90 Å². The third-order valence-corrected chi connectivity index (χ3v) is 6.90. The summed E-state index contributed by atoms with van der Waals surface area (Å²) in [5.41, 5.74) is 1.43. The van der Waals surface area contributed by atoms with Crippen LogP contribution in [0.3, 0.4) is 0 Å². The van der Waals surface area contributed by atoms with E-state index in [0.717, 1.165) is 0 Å². The Morgan fingerprint density at radius 2 is 1.71 bits per heavy atom. The Balaban J connectivity index is 1.77. The van der Waals surface area contributed by atoms with Crippen molar-refractivity contribution in [2.75, 3.05) is 37.8 Å². The molecule has 2 aromatic carbocycles. The summed E-state index contributed by atoms with van der Waals surface area (Å²) < 4.78 is 36.8. The molecule has 0 spiro atoms. The maximum atomic E-state index is 13.2. The van der Waals surface area contributed by atoms with E-state index >= 15 is 0 Å². The van der Waals surface area contributed by atoms with Gasteiger partial charge in [-0.15, -0.1) is 0 Å². The summed E-state index contributed by atoms with van der Waals surface area (Å²) in [7, 11) is -3.99. The van der Waals surface area contributed by atoms with Crippen LogP contribution in [0.2, 0.25) is 0 Å². The summed E-state index contributed by atoms with van der Waals surface area (Å²) in [4.78, 5) is 28.0. The van der Waals surface area contributed by atoms with Crippen LogP contribution in [0.15, 0.2) is 64.5 Å². The van der Waals surface area contributed by atoms with Gasteiger partial charge >= 0.3 is 5.97 Å². The molecule has 162 valence electrons. The number of fused-ring (bicyclic) bond motifs is 1. The van der Waals surface area contributed by atoms with Crippen LogP contribution in [-0.2, 0) is 24.1 Å². The molecule has 2 aliphatic heterocycles. The van der Waals surface area contributed by atoms with Gasteiger partial charge < -0.3 is 19.3 Å². The molecule has 8 nitrogen and oxygen atoms in total. The number of anilines is 2. The Bertz CT molecular complexity index is 1130. The molecule has 0 aliphatic carbocycles. The Hall–Kier alpha value is -3.17. The molecule has 1 saturated heterocycles. The van der Waals surface area contributed by atoms with Crippen LogP contribution in [-0.4, -0.2) is 58.1 Å². The number of morpholine rings is 1. The molecule has 2 aromatic rings. The summed E-state index contributed by atoms with van der Waals surface area (Å²) in [6.07, 6.45) is 1.36. The molecule has 0 atom stereocenters. The minimum Gasteiger partial charge on any atom is -0.462 e. The molecule has 9 heteroatoms. The highest BCUT2D eigenvalue weighted by Gasteiger charge is 2.38. The molecule has 2 heterocycles.